The van der Waals surface area contributed by atoms with Gasteiger partial charge in [-0.25, -0.2) is 9.48 Å². The molecule has 0 aliphatic carbocycles. The van der Waals surface area contributed by atoms with Crippen LogP contribution in [0.2, 0.25) is 0 Å². The van der Waals surface area contributed by atoms with Gasteiger partial charge in [0.2, 0.25) is 0 Å². The average molecular weight is 365 g/mol. The Morgan fingerprint density at radius 2 is 1.88 bits per heavy atom. The van der Waals surface area contributed by atoms with Crippen molar-refractivity contribution in [1.29, 1.82) is 0 Å². The molecule has 0 radical (unpaired) electrons. The maximum atomic E-state index is 12.7. The van der Waals surface area contributed by atoms with E-state index in [4.69, 9.17) is 9.47 Å². The second kappa shape index (κ2) is 8.77. The van der Waals surface area contributed by atoms with E-state index in [0.717, 1.165) is 37.3 Å². The Kier molecular flexibility index (Phi) is 6.94. The summed E-state index contributed by atoms with van der Waals surface area (Å²) >= 11 is 0. The quantitative estimate of drug-likeness (QED) is 0.650. The van der Waals surface area contributed by atoms with Crippen LogP contribution in [-0.2, 0) is 20.7 Å². The smallest absolute Gasteiger partial charge is 0.330 e. The highest BCUT2D eigenvalue weighted by Gasteiger charge is 2.28. The molecule has 1 saturated heterocycles. The van der Waals surface area contributed by atoms with E-state index in [0.29, 0.717) is 18.1 Å². The van der Waals surface area contributed by atoms with Crippen molar-refractivity contribution in [3.63, 3.8) is 0 Å². The van der Waals surface area contributed by atoms with Gasteiger partial charge < -0.3 is 9.47 Å². The second-order valence-corrected chi connectivity index (χ2v) is 7.48. The summed E-state index contributed by atoms with van der Waals surface area (Å²) < 4.78 is 11.6. The van der Waals surface area contributed by atoms with E-state index < -0.39 is 12.0 Å². The zero-order valence-corrected chi connectivity index (χ0v) is 16.7. The molecule has 1 aromatic heterocycles. The molecule has 1 aromatic rings. The molecule has 2 heterocycles. The van der Waals surface area contributed by atoms with Crippen molar-refractivity contribution >= 4 is 5.97 Å². The fourth-order valence-electron chi connectivity index (χ4n) is 3.24. The van der Waals surface area contributed by atoms with Gasteiger partial charge in [0.05, 0.1) is 18.9 Å². The van der Waals surface area contributed by atoms with Gasteiger partial charge in [-0.05, 0) is 31.7 Å². The third kappa shape index (κ3) is 4.51. The first-order valence-corrected chi connectivity index (χ1v) is 9.20. The topological polar surface area (TPSA) is 73.7 Å². The highest BCUT2D eigenvalue weighted by Crippen LogP contribution is 2.19. The third-order valence-corrected chi connectivity index (χ3v) is 5.14. The highest BCUT2D eigenvalue weighted by atomic mass is 16.5. The van der Waals surface area contributed by atoms with Crippen LogP contribution < -0.4 is 5.56 Å². The van der Waals surface area contributed by atoms with Crippen LogP contribution in [0.5, 0.6) is 0 Å². The average Bonchev–Trinajstić information content (AvgIpc) is 2.57. The highest BCUT2D eigenvalue weighted by molar-refractivity contribution is 5.73. The van der Waals surface area contributed by atoms with E-state index in [9.17, 15) is 9.59 Å². The molecule has 0 aromatic carbocycles. The molecule has 26 heavy (non-hydrogen) atoms. The van der Waals surface area contributed by atoms with Crippen molar-refractivity contribution in [3.8, 4) is 0 Å². The molecule has 0 bridgehead atoms. The van der Waals surface area contributed by atoms with E-state index in [1.807, 2.05) is 20.8 Å². The Bertz CT molecular complexity index is 693. The molecule has 0 unspecified atom stereocenters. The molecule has 0 saturated carbocycles. The van der Waals surface area contributed by atoms with Crippen LogP contribution in [0.3, 0.4) is 0 Å². The van der Waals surface area contributed by atoms with Crippen molar-refractivity contribution in [2.45, 2.75) is 52.7 Å². The summed E-state index contributed by atoms with van der Waals surface area (Å²) in [6.07, 6.45) is 1.57. The number of carbonyl (C=O) groups excluding carboxylic acids is 1. The second-order valence-electron chi connectivity index (χ2n) is 7.48. The lowest BCUT2D eigenvalue weighted by molar-refractivity contribution is -0.145. The third-order valence-electron chi connectivity index (χ3n) is 5.14. The lowest BCUT2D eigenvalue weighted by Gasteiger charge is -2.38. The number of esters is 1. The molecule has 0 amide bonds. The van der Waals surface area contributed by atoms with Crippen molar-refractivity contribution in [3.05, 3.63) is 27.2 Å². The van der Waals surface area contributed by atoms with Crippen molar-refractivity contribution in [2.24, 2.45) is 5.92 Å². The van der Waals surface area contributed by atoms with Crippen LogP contribution in [0, 0.1) is 19.8 Å². The van der Waals surface area contributed by atoms with Crippen LogP contribution in [0.15, 0.2) is 4.79 Å². The van der Waals surface area contributed by atoms with Crippen molar-refractivity contribution in [2.75, 3.05) is 33.9 Å². The molecule has 7 heteroatoms. The van der Waals surface area contributed by atoms with E-state index in [2.05, 4.69) is 10.00 Å². The predicted octanol–water partition coefficient (Wildman–Crippen LogP) is 1.49. The minimum atomic E-state index is -0.688. The van der Waals surface area contributed by atoms with E-state index >= 15 is 0 Å². The summed E-state index contributed by atoms with van der Waals surface area (Å²) in [7, 11) is 3.08. The lowest BCUT2D eigenvalue weighted by Crippen LogP contribution is -2.52. The molecule has 0 spiro atoms. The zero-order chi connectivity index (χ0) is 19.4. The summed E-state index contributed by atoms with van der Waals surface area (Å²) in [5.74, 6) is -0.182. The number of methoxy groups -OCH3 is 2. The van der Waals surface area contributed by atoms with Gasteiger partial charge in [0.25, 0.3) is 5.56 Å². The SMILES string of the molecule is COC(=O)[C@H](CC(C)C)n1nc(CCN2CC(OC)C2)c(C)c(C)c1=O. The zero-order valence-electron chi connectivity index (χ0n) is 16.7. The van der Waals surface area contributed by atoms with Gasteiger partial charge in [0, 0.05) is 38.7 Å². The Morgan fingerprint density at radius 1 is 1.23 bits per heavy atom. The number of hydrogen-bond acceptors (Lipinski definition) is 6. The van der Waals surface area contributed by atoms with Crippen LogP contribution >= 0.6 is 0 Å². The first kappa shape index (κ1) is 20.6. The molecule has 1 aliphatic rings. The van der Waals surface area contributed by atoms with Gasteiger partial charge in [0.15, 0.2) is 6.04 Å². The standard InChI is InChI=1S/C19H31N3O4/c1-12(2)9-17(19(24)26-6)22-18(23)14(4)13(3)16(20-22)7-8-21-10-15(11-21)25-5/h12,15,17H,7-11H2,1-6H3/t17-/m0/s1. The van der Waals surface area contributed by atoms with Gasteiger partial charge in [0.1, 0.15) is 0 Å². The van der Waals surface area contributed by atoms with Crippen molar-refractivity contribution in [1.82, 2.24) is 14.7 Å². The fraction of sp³-hybridized carbons (Fsp3) is 0.737. The fourth-order valence-corrected chi connectivity index (χ4v) is 3.24. The summed E-state index contributed by atoms with van der Waals surface area (Å²) in [5.41, 5.74) is 2.19. The number of rotatable bonds is 8. The number of aromatic nitrogens is 2. The van der Waals surface area contributed by atoms with Gasteiger partial charge in [-0.3, -0.25) is 9.69 Å². The predicted molar refractivity (Wildman–Crippen MR) is 99.4 cm³/mol. The van der Waals surface area contributed by atoms with Gasteiger partial charge >= 0.3 is 5.97 Å². The summed E-state index contributed by atoms with van der Waals surface area (Å²) in [6.45, 7) is 10.5. The molecule has 7 nitrogen and oxygen atoms in total. The molecule has 146 valence electrons. The lowest BCUT2D eigenvalue weighted by atomic mass is 10.0. The Morgan fingerprint density at radius 3 is 2.42 bits per heavy atom. The van der Waals surface area contributed by atoms with Gasteiger partial charge in [-0.15, -0.1) is 0 Å². The monoisotopic (exact) mass is 365 g/mol. The number of hydrogen-bond donors (Lipinski definition) is 0. The molecule has 1 atom stereocenters. The molecule has 0 N–H and O–H groups in total. The Balaban J connectivity index is 2.27. The van der Waals surface area contributed by atoms with E-state index in [1.165, 1.54) is 11.8 Å². The van der Waals surface area contributed by atoms with E-state index in [1.54, 1.807) is 14.0 Å². The first-order chi connectivity index (χ1) is 12.3. The van der Waals surface area contributed by atoms with Gasteiger partial charge in [-0.2, -0.15) is 5.10 Å². The van der Waals surface area contributed by atoms with Crippen molar-refractivity contribution < 1.29 is 14.3 Å². The first-order valence-electron chi connectivity index (χ1n) is 9.20. The molecular formula is C19H31N3O4. The van der Waals surface area contributed by atoms with Gasteiger partial charge in [-0.1, -0.05) is 13.8 Å². The van der Waals surface area contributed by atoms with Crippen LogP contribution in [0.1, 0.15) is 43.1 Å². The molecule has 1 aliphatic heterocycles. The summed E-state index contributed by atoms with van der Waals surface area (Å²) in [4.78, 5) is 27.3. The molecule has 1 fully saturated rings. The maximum Gasteiger partial charge on any atom is 0.330 e. The largest absolute Gasteiger partial charge is 0.467 e. The minimum Gasteiger partial charge on any atom is -0.467 e. The summed E-state index contributed by atoms with van der Waals surface area (Å²) in [6, 6.07) is -0.688. The number of carbonyl (C=O) groups is 1. The van der Waals surface area contributed by atoms with Crippen LogP contribution in [0.25, 0.3) is 0 Å². The maximum absolute atomic E-state index is 12.7. The Labute approximate surface area is 155 Å². The summed E-state index contributed by atoms with van der Waals surface area (Å²) in [5, 5.41) is 4.57. The Hall–Kier alpha value is -1.73. The number of nitrogens with zero attached hydrogens (tertiary/aromatic N) is 3. The number of ether oxygens (including phenoxy) is 2. The number of likely N-dealkylation sites (tertiary alicyclic amines) is 1. The molecular weight excluding hydrogens is 334 g/mol. The minimum absolute atomic E-state index is 0.217. The van der Waals surface area contributed by atoms with E-state index in [-0.39, 0.29) is 11.5 Å². The van der Waals surface area contributed by atoms with Crippen LogP contribution in [0.4, 0.5) is 0 Å². The normalized spacial score (nSPS) is 16.6. The van der Waals surface area contributed by atoms with Crippen LogP contribution in [-0.4, -0.2) is 60.6 Å². The molecule has 2 rings (SSSR count).